The molecule has 4 nitrogen and oxygen atoms in total. The van der Waals surface area contributed by atoms with Gasteiger partial charge in [0.1, 0.15) is 11.0 Å². The highest BCUT2D eigenvalue weighted by molar-refractivity contribution is 7.98. The predicted octanol–water partition coefficient (Wildman–Crippen LogP) is 6.01. The van der Waals surface area contributed by atoms with Crippen LogP contribution in [0.5, 0.6) is 0 Å². The first kappa shape index (κ1) is 21.2. The number of thioether (sulfide) groups is 1. The highest BCUT2D eigenvalue weighted by Gasteiger charge is 2.17. The molecule has 0 aliphatic heterocycles. The van der Waals surface area contributed by atoms with Crippen LogP contribution in [0, 0.1) is 11.6 Å². The summed E-state index contributed by atoms with van der Waals surface area (Å²) in [6.07, 6.45) is 1.80. The van der Waals surface area contributed by atoms with Crippen LogP contribution in [-0.2, 0) is 12.3 Å². The molecule has 0 saturated carbocycles. The van der Waals surface area contributed by atoms with E-state index in [1.807, 2.05) is 60.7 Å². The minimum absolute atomic E-state index is 0.182. The molecule has 0 bridgehead atoms. The first-order chi connectivity index (χ1) is 16.1. The van der Waals surface area contributed by atoms with E-state index in [0.717, 1.165) is 22.8 Å². The third-order valence-electron chi connectivity index (χ3n) is 5.37. The average Bonchev–Trinajstić information content (AvgIpc) is 3.27. The highest BCUT2D eigenvalue weighted by atomic mass is 32.2. The van der Waals surface area contributed by atoms with Crippen LogP contribution in [-0.4, -0.2) is 14.5 Å². The van der Waals surface area contributed by atoms with Crippen LogP contribution < -0.4 is 5.56 Å². The minimum Gasteiger partial charge on any atom is -0.355 e. The van der Waals surface area contributed by atoms with Gasteiger partial charge in [0.15, 0.2) is 16.8 Å². The van der Waals surface area contributed by atoms with E-state index in [1.54, 1.807) is 10.8 Å². The smallest absolute Gasteiger partial charge is 0.278 e. The number of hydrogen-bond donors (Lipinski definition) is 1. The Labute approximate surface area is 192 Å². The largest absolute Gasteiger partial charge is 0.355 e. The van der Waals surface area contributed by atoms with E-state index in [1.165, 1.54) is 23.9 Å². The first-order valence-corrected chi connectivity index (χ1v) is 11.4. The number of aromatic nitrogens is 3. The van der Waals surface area contributed by atoms with Crippen molar-refractivity contribution in [2.24, 2.45) is 0 Å². The van der Waals surface area contributed by atoms with Crippen LogP contribution in [0.25, 0.3) is 22.2 Å². The van der Waals surface area contributed by atoms with Gasteiger partial charge in [-0.25, -0.2) is 13.8 Å². The Balaban J connectivity index is 1.60. The zero-order valence-electron chi connectivity index (χ0n) is 17.5. The van der Waals surface area contributed by atoms with Crippen molar-refractivity contribution in [3.63, 3.8) is 0 Å². The quantitative estimate of drug-likeness (QED) is 0.250. The molecule has 0 aliphatic carbocycles. The van der Waals surface area contributed by atoms with E-state index in [2.05, 4.69) is 4.98 Å². The molecule has 2 aromatic heterocycles. The highest BCUT2D eigenvalue weighted by Crippen LogP contribution is 2.29. The molecule has 0 aliphatic rings. The fourth-order valence-electron chi connectivity index (χ4n) is 3.70. The lowest BCUT2D eigenvalue weighted by atomic mass is 10.1. The molecule has 0 fully saturated rings. The summed E-state index contributed by atoms with van der Waals surface area (Å²) in [4.78, 5) is 21.4. The SMILES string of the molecule is O=c1c2[nH]cc(-c3ccccc3)c2nc(SCc2ccc(F)c(F)c2)n1Cc1ccccc1. The summed E-state index contributed by atoms with van der Waals surface area (Å²) >= 11 is 1.32. The Hall–Kier alpha value is -3.71. The zero-order valence-corrected chi connectivity index (χ0v) is 18.3. The summed E-state index contributed by atoms with van der Waals surface area (Å²) in [6, 6.07) is 23.2. The molecule has 7 heteroatoms. The van der Waals surface area contributed by atoms with Crippen LogP contribution in [0.1, 0.15) is 11.1 Å². The summed E-state index contributed by atoms with van der Waals surface area (Å²) in [5.41, 5.74) is 4.20. The van der Waals surface area contributed by atoms with Crippen molar-refractivity contribution >= 4 is 22.8 Å². The maximum absolute atomic E-state index is 13.7. The Kier molecular flexibility index (Phi) is 5.79. The molecule has 5 rings (SSSR count). The van der Waals surface area contributed by atoms with Crippen LogP contribution in [0.15, 0.2) is 95.0 Å². The second-order valence-electron chi connectivity index (χ2n) is 7.60. The summed E-state index contributed by atoms with van der Waals surface area (Å²) in [6.45, 7) is 0.350. The Morgan fingerprint density at radius 1 is 0.879 bits per heavy atom. The van der Waals surface area contributed by atoms with Crippen LogP contribution >= 0.6 is 11.8 Å². The molecule has 1 N–H and O–H groups in total. The fourth-order valence-corrected chi connectivity index (χ4v) is 4.64. The first-order valence-electron chi connectivity index (χ1n) is 10.4. The topological polar surface area (TPSA) is 50.7 Å². The molecule has 33 heavy (non-hydrogen) atoms. The van der Waals surface area contributed by atoms with Crippen molar-refractivity contribution in [1.82, 2.24) is 14.5 Å². The fraction of sp³-hybridized carbons (Fsp3) is 0.0769. The summed E-state index contributed by atoms with van der Waals surface area (Å²) in [5, 5.41) is 0.512. The Morgan fingerprint density at radius 2 is 1.61 bits per heavy atom. The number of aromatic amines is 1. The van der Waals surface area contributed by atoms with Gasteiger partial charge < -0.3 is 4.98 Å². The van der Waals surface area contributed by atoms with Gasteiger partial charge in [0.05, 0.1) is 6.54 Å². The van der Waals surface area contributed by atoms with Crippen LogP contribution in [0.2, 0.25) is 0 Å². The Bertz CT molecular complexity index is 1480. The molecule has 0 saturated heterocycles. The lowest BCUT2D eigenvalue weighted by Crippen LogP contribution is -2.24. The maximum Gasteiger partial charge on any atom is 0.278 e. The zero-order chi connectivity index (χ0) is 22.8. The van der Waals surface area contributed by atoms with E-state index < -0.39 is 11.6 Å². The predicted molar refractivity (Wildman–Crippen MR) is 127 cm³/mol. The molecule has 3 aromatic carbocycles. The molecule has 0 atom stereocenters. The maximum atomic E-state index is 13.7. The molecule has 0 amide bonds. The summed E-state index contributed by atoms with van der Waals surface area (Å²) < 4.78 is 28.6. The van der Waals surface area contributed by atoms with Gasteiger partial charge in [-0.3, -0.25) is 9.36 Å². The second kappa shape index (κ2) is 9.03. The third-order valence-corrected chi connectivity index (χ3v) is 6.42. The van der Waals surface area contributed by atoms with Gasteiger partial charge in [0.2, 0.25) is 0 Å². The third kappa shape index (κ3) is 4.32. The monoisotopic (exact) mass is 459 g/mol. The van der Waals surface area contributed by atoms with E-state index >= 15 is 0 Å². The van der Waals surface area contributed by atoms with Gasteiger partial charge in [-0.2, -0.15) is 0 Å². The molecular weight excluding hydrogens is 440 g/mol. The van der Waals surface area contributed by atoms with Crippen LogP contribution in [0.4, 0.5) is 8.78 Å². The second-order valence-corrected chi connectivity index (χ2v) is 8.54. The molecule has 0 spiro atoms. The molecule has 0 unspecified atom stereocenters. The number of fused-ring (bicyclic) bond motifs is 1. The van der Waals surface area contributed by atoms with Crippen molar-refractivity contribution < 1.29 is 8.78 Å². The number of H-pyrrole nitrogens is 1. The number of halogens is 2. The molecule has 164 valence electrons. The lowest BCUT2D eigenvalue weighted by molar-refractivity contribution is 0.507. The number of benzene rings is 3. The number of hydrogen-bond acceptors (Lipinski definition) is 3. The number of rotatable bonds is 6. The van der Waals surface area contributed by atoms with Crippen molar-refractivity contribution in [2.75, 3.05) is 0 Å². The number of nitrogens with zero attached hydrogens (tertiary/aromatic N) is 2. The van der Waals surface area contributed by atoms with E-state index in [4.69, 9.17) is 4.98 Å². The van der Waals surface area contributed by atoms with Crippen molar-refractivity contribution in [1.29, 1.82) is 0 Å². The van der Waals surface area contributed by atoms with Gasteiger partial charge in [-0.15, -0.1) is 0 Å². The van der Waals surface area contributed by atoms with E-state index in [9.17, 15) is 13.6 Å². The number of nitrogens with one attached hydrogen (secondary N) is 1. The summed E-state index contributed by atoms with van der Waals surface area (Å²) in [5.74, 6) is -1.44. The van der Waals surface area contributed by atoms with Crippen molar-refractivity contribution in [3.05, 3.63) is 118 Å². The molecule has 2 heterocycles. The van der Waals surface area contributed by atoms with Crippen molar-refractivity contribution in [3.8, 4) is 11.1 Å². The van der Waals surface area contributed by atoms with Gasteiger partial charge in [0, 0.05) is 17.5 Å². The van der Waals surface area contributed by atoms with Gasteiger partial charge in [0.25, 0.3) is 5.56 Å². The molecule has 5 aromatic rings. The average molecular weight is 460 g/mol. The normalized spacial score (nSPS) is 11.2. The van der Waals surface area contributed by atoms with Gasteiger partial charge in [-0.1, -0.05) is 78.5 Å². The van der Waals surface area contributed by atoms with Crippen molar-refractivity contribution in [2.45, 2.75) is 17.5 Å². The van der Waals surface area contributed by atoms with Gasteiger partial charge in [-0.05, 0) is 28.8 Å². The lowest BCUT2D eigenvalue weighted by Gasteiger charge is -2.13. The van der Waals surface area contributed by atoms with Crippen LogP contribution in [0.3, 0.4) is 0 Å². The molecule has 0 radical (unpaired) electrons. The van der Waals surface area contributed by atoms with E-state index in [-0.39, 0.29) is 5.56 Å². The van der Waals surface area contributed by atoms with E-state index in [0.29, 0.717) is 34.1 Å². The Morgan fingerprint density at radius 3 is 2.33 bits per heavy atom. The standard InChI is InChI=1S/C26H19F2N3OS/c27-21-12-11-18(13-22(21)28)16-33-26-30-23-20(19-9-5-2-6-10-19)14-29-24(23)25(32)31(26)15-17-7-3-1-4-8-17/h1-14,29H,15-16H2. The summed E-state index contributed by atoms with van der Waals surface area (Å²) in [7, 11) is 0. The molecular formula is C26H19F2N3OS. The minimum atomic E-state index is -0.893. The van der Waals surface area contributed by atoms with Gasteiger partial charge >= 0.3 is 0 Å².